The normalized spacial score (nSPS) is 20.2. The van der Waals surface area contributed by atoms with Gasteiger partial charge in [0.25, 0.3) is 0 Å². The molecule has 1 aliphatic heterocycles. The van der Waals surface area contributed by atoms with Gasteiger partial charge in [0.2, 0.25) is 0 Å². The number of hydrogen-bond donors (Lipinski definition) is 1. The molecule has 2 nitrogen and oxygen atoms in total. The van der Waals surface area contributed by atoms with Gasteiger partial charge in [-0.25, -0.2) is 0 Å². The van der Waals surface area contributed by atoms with Crippen LogP contribution in [0.15, 0.2) is 16.6 Å². The predicted octanol–water partition coefficient (Wildman–Crippen LogP) is 4.48. The first-order chi connectivity index (χ1) is 8.87. The van der Waals surface area contributed by atoms with Crippen molar-refractivity contribution in [3.63, 3.8) is 0 Å². The molecule has 0 radical (unpaired) electrons. The molecule has 1 fully saturated rings. The summed E-state index contributed by atoms with van der Waals surface area (Å²) >= 11 is 3.52. The Morgan fingerprint density at radius 2 is 2.00 bits per heavy atom. The lowest BCUT2D eigenvalue weighted by molar-refractivity contribution is 0.253. The highest BCUT2D eigenvalue weighted by Crippen LogP contribution is 2.32. The molecule has 3 heteroatoms. The number of phenolic OH excluding ortho intramolecular Hbond substituents is 1. The summed E-state index contributed by atoms with van der Waals surface area (Å²) in [5.41, 5.74) is 2.44. The SMILES string of the molecule is Cc1cc(Br)cc(CN2CCCC(C)(C)CC2)c1O. The van der Waals surface area contributed by atoms with Crippen LogP contribution in [0.25, 0.3) is 0 Å². The van der Waals surface area contributed by atoms with Crippen molar-refractivity contribution in [1.29, 1.82) is 0 Å². The van der Waals surface area contributed by atoms with E-state index in [2.05, 4.69) is 34.7 Å². The third-order valence-electron chi connectivity index (χ3n) is 4.17. The minimum atomic E-state index is 0.451. The lowest BCUT2D eigenvalue weighted by Gasteiger charge is -2.23. The standard InChI is InChI=1S/C16H24BrNO/c1-12-9-14(17)10-13(15(12)19)11-18-7-4-5-16(2,3)6-8-18/h9-10,19H,4-8,11H2,1-3H3. The highest BCUT2D eigenvalue weighted by atomic mass is 79.9. The monoisotopic (exact) mass is 325 g/mol. The molecule has 1 heterocycles. The van der Waals surface area contributed by atoms with E-state index in [0.717, 1.165) is 35.2 Å². The molecule has 0 unspecified atom stereocenters. The number of rotatable bonds is 2. The smallest absolute Gasteiger partial charge is 0.123 e. The van der Waals surface area contributed by atoms with Gasteiger partial charge in [0, 0.05) is 16.6 Å². The number of phenols is 1. The molecule has 19 heavy (non-hydrogen) atoms. The third-order valence-corrected chi connectivity index (χ3v) is 4.63. The first-order valence-corrected chi connectivity index (χ1v) is 7.87. The Bertz CT molecular complexity index is 456. The van der Waals surface area contributed by atoms with Crippen LogP contribution in [-0.4, -0.2) is 23.1 Å². The van der Waals surface area contributed by atoms with Crippen LogP contribution in [0.4, 0.5) is 0 Å². The van der Waals surface area contributed by atoms with Crippen molar-refractivity contribution < 1.29 is 5.11 Å². The van der Waals surface area contributed by atoms with Crippen LogP contribution < -0.4 is 0 Å². The second kappa shape index (κ2) is 5.84. The maximum Gasteiger partial charge on any atom is 0.123 e. The molecule has 1 aromatic carbocycles. The van der Waals surface area contributed by atoms with E-state index < -0.39 is 0 Å². The molecule has 0 spiro atoms. The van der Waals surface area contributed by atoms with Crippen molar-refractivity contribution in [1.82, 2.24) is 4.90 Å². The van der Waals surface area contributed by atoms with E-state index in [-0.39, 0.29) is 0 Å². The van der Waals surface area contributed by atoms with Gasteiger partial charge >= 0.3 is 0 Å². The molecule has 1 saturated heterocycles. The average molecular weight is 326 g/mol. The molecule has 1 aromatic rings. The lowest BCUT2D eigenvalue weighted by atomic mass is 9.85. The van der Waals surface area contributed by atoms with Gasteiger partial charge in [-0.1, -0.05) is 29.8 Å². The number of nitrogens with zero attached hydrogens (tertiary/aromatic N) is 1. The molecule has 0 saturated carbocycles. The van der Waals surface area contributed by atoms with Crippen LogP contribution in [-0.2, 0) is 6.54 Å². The van der Waals surface area contributed by atoms with Gasteiger partial charge < -0.3 is 5.11 Å². The van der Waals surface area contributed by atoms with E-state index in [1.807, 2.05) is 19.1 Å². The molecular formula is C16H24BrNO. The summed E-state index contributed by atoms with van der Waals surface area (Å²) < 4.78 is 1.05. The van der Waals surface area contributed by atoms with Gasteiger partial charge in [-0.3, -0.25) is 4.90 Å². The van der Waals surface area contributed by atoms with Crippen LogP contribution in [0.2, 0.25) is 0 Å². The fourth-order valence-electron chi connectivity index (χ4n) is 2.80. The minimum Gasteiger partial charge on any atom is -0.507 e. The van der Waals surface area contributed by atoms with E-state index in [9.17, 15) is 5.11 Å². The zero-order valence-corrected chi connectivity index (χ0v) is 13.8. The van der Waals surface area contributed by atoms with Gasteiger partial charge in [0.1, 0.15) is 5.75 Å². The number of halogens is 1. The summed E-state index contributed by atoms with van der Waals surface area (Å²) in [4.78, 5) is 2.47. The van der Waals surface area contributed by atoms with Crippen LogP contribution in [0.5, 0.6) is 5.75 Å². The number of aromatic hydroxyl groups is 1. The fraction of sp³-hybridized carbons (Fsp3) is 0.625. The maximum absolute atomic E-state index is 10.2. The highest BCUT2D eigenvalue weighted by molar-refractivity contribution is 9.10. The highest BCUT2D eigenvalue weighted by Gasteiger charge is 2.23. The quantitative estimate of drug-likeness (QED) is 0.866. The molecule has 0 aliphatic carbocycles. The van der Waals surface area contributed by atoms with Crippen molar-refractivity contribution in [2.24, 2.45) is 5.41 Å². The van der Waals surface area contributed by atoms with E-state index in [1.54, 1.807) is 0 Å². The second-order valence-electron chi connectivity index (χ2n) is 6.52. The molecule has 0 bridgehead atoms. The van der Waals surface area contributed by atoms with Gasteiger partial charge in [-0.15, -0.1) is 0 Å². The maximum atomic E-state index is 10.2. The first-order valence-electron chi connectivity index (χ1n) is 7.08. The van der Waals surface area contributed by atoms with Gasteiger partial charge in [-0.2, -0.15) is 0 Å². The summed E-state index contributed by atoms with van der Waals surface area (Å²) in [5, 5.41) is 10.2. The van der Waals surface area contributed by atoms with Gasteiger partial charge in [0.05, 0.1) is 0 Å². The Balaban J connectivity index is 2.09. The van der Waals surface area contributed by atoms with E-state index in [1.165, 1.54) is 19.3 Å². The lowest BCUT2D eigenvalue weighted by Crippen LogP contribution is -2.25. The van der Waals surface area contributed by atoms with Crippen molar-refractivity contribution in [3.05, 3.63) is 27.7 Å². The molecule has 1 N–H and O–H groups in total. The number of aryl methyl sites for hydroxylation is 1. The zero-order valence-electron chi connectivity index (χ0n) is 12.2. The fourth-order valence-corrected chi connectivity index (χ4v) is 3.42. The zero-order chi connectivity index (χ0) is 14.0. The number of hydrogen-bond acceptors (Lipinski definition) is 2. The van der Waals surface area contributed by atoms with E-state index >= 15 is 0 Å². The van der Waals surface area contributed by atoms with Crippen LogP contribution >= 0.6 is 15.9 Å². The summed E-state index contributed by atoms with van der Waals surface area (Å²) in [5.74, 6) is 0.451. The molecule has 0 amide bonds. The molecule has 0 atom stereocenters. The molecular weight excluding hydrogens is 302 g/mol. The topological polar surface area (TPSA) is 23.5 Å². The Hall–Kier alpha value is -0.540. The van der Waals surface area contributed by atoms with Crippen LogP contribution in [0.1, 0.15) is 44.2 Å². The largest absolute Gasteiger partial charge is 0.507 e. The average Bonchev–Trinajstić information content (AvgIpc) is 2.47. The Morgan fingerprint density at radius 1 is 1.26 bits per heavy atom. The number of benzene rings is 1. The molecule has 106 valence electrons. The minimum absolute atomic E-state index is 0.451. The summed E-state index contributed by atoms with van der Waals surface area (Å²) in [7, 11) is 0. The third kappa shape index (κ3) is 3.96. The van der Waals surface area contributed by atoms with Crippen LogP contribution in [0.3, 0.4) is 0 Å². The Kier molecular flexibility index (Phi) is 4.57. The second-order valence-corrected chi connectivity index (χ2v) is 7.44. The van der Waals surface area contributed by atoms with Crippen LogP contribution in [0, 0.1) is 12.3 Å². The molecule has 1 aliphatic rings. The van der Waals surface area contributed by atoms with E-state index in [0.29, 0.717) is 11.2 Å². The van der Waals surface area contributed by atoms with Crippen molar-refractivity contribution in [2.75, 3.05) is 13.1 Å². The van der Waals surface area contributed by atoms with Gasteiger partial charge in [-0.05, 0) is 62.4 Å². The predicted molar refractivity (Wildman–Crippen MR) is 83.5 cm³/mol. The molecule has 0 aromatic heterocycles. The van der Waals surface area contributed by atoms with Crippen molar-refractivity contribution in [3.8, 4) is 5.75 Å². The van der Waals surface area contributed by atoms with Gasteiger partial charge in [0.15, 0.2) is 0 Å². The summed E-state index contributed by atoms with van der Waals surface area (Å²) in [6, 6.07) is 4.00. The van der Waals surface area contributed by atoms with Crippen molar-refractivity contribution >= 4 is 15.9 Å². The van der Waals surface area contributed by atoms with E-state index in [4.69, 9.17) is 0 Å². The summed E-state index contributed by atoms with van der Waals surface area (Å²) in [6.07, 6.45) is 3.79. The first kappa shape index (κ1) is 14.9. The number of likely N-dealkylation sites (tertiary alicyclic amines) is 1. The Morgan fingerprint density at radius 3 is 2.74 bits per heavy atom. The summed E-state index contributed by atoms with van der Waals surface area (Å²) in [6.45, 7) is 9.78. The van der Waals surface area contributed by atoms with Crippen molar-refractivity contribution in [2.45, 2.75) is 46.6 Å². The Labute approximate surface area is 124 Å². The molecule has 2 rings (SSSR count).